The molecule has 2 amide bonds. The first-order chi connectivity index (χ1) is 13.2. The maximum Gasteiger partial charge on any atom is 0.231 e. The topological polar surface area (TPSA) is 79.4 Å². The largest absolute Gasteiger partial charge is 0.312 e. The molecule has 1 aliphatic carbocycles. The van der Waals surface area contributed by atoms with Crippen molar-refractivity contribution in [2.45, 2.75) is 33.1 Å². The number of nitrogens with zero attached hydrogens (tertiary/aromatic N) is 2. The predicted octanol–water partition coefficient (Wildman–Crippen LogP) is 3.43. The lowest BCUT2D eigenvalue weighted by Crippen LogP contribution is -2.28. The molecular weight excluding hydrogens is 381 g/mol. The van der Waals surface area contributed by atoms with Gasteiger partial charge in [0.05, 0.1) is 16.5 Å². The van der Waals surface area contributed by atoms with Crippen molar-refractivity contribution >= 4 is 39.8 Å². The lowest BCUT2D eigenvalue weighted by atomic mass is 9.78. The van der Waals surface area contributed by atoms with Crippen LogP contribution >= 0.6 is 11.3 Å². The van der Waals surface area contributed by atoms with Crippen LogP contribution in [0.25, 0.3) is 0 Å². The van der Waals surface area contributed by atoms with Crippen molar-refractivity contribution in [3.63, 3.8) is 0 Å². The molecule has 2 heterocycles. The van der Waals surface area contributed by atoms with Crippen LogP contribution in [0.4, 0.5) is 15.2 Å². The molecule has 1 atom stereocenters. The summed E-state index contributed by atoms with van der Waals surface area (Å²) in [6.07, 6.45) is 1.25. The first-order valence-corrected chi connectivity index (χ1v) is 9.93. The van der Waals surface area contributed by atoms with Crippen LogP contribution in [-0.4, -0.2) is 29.1 Å². The van der Waals surface area contributed by atoms with Gasteiger partial charge < -0.3 is 10.2 Å². The van der Waals surface area contributed by atoms with E-state index in [1.807, 2.05) is 13.8 Å². The first-order valence-electron chi connectivity index (χ1n) is 9.11. The third-order valence-corrected chi connectivity index (χ3v) is 6.15. The summed E-state index contributed by atoms with van der Waals surface area (Å²) in [4.78, 5) is 43.8. The van der Waals surface area contributed by atoms with Crippen LogP contribution < -0.4 is 10.2 Å². The number of carbonyl (C=O) groups is 3. The monoisotopic (exact) mass is 401 g/mol. The normalized spacial score (nSPS) is 21.0. The Morgan fingerprint density at radius 2 is 1.96 bits per heavy atom. The zero-order valence-corrected chi connectivity index (χ0v) is 16.4. The second-order valence-electron chi connectivity index (χ2n) is 8.11. The number of carbonyl (C=O) groups excluding carboxylic acids is 3. The number of thiazole rings is 1. The number of halogens is 1. The van der Waals surface area contributed by atoms with Crippen molar-refractivity contribution in [2.24, 2.45) is 11.3 Å². The molecule has 28 heavy (non-hydrogen) atoms. The Labute approximate surface area is 165 Å². The van der Waals surface area contributed by atoms with E-state index in [1.54, 1.807) is 0 Å². The molecule has 2 aliphatic rings. The van der Waals surface area contributed by atoms with Gasteiger partial charge in [0.15, 0.2) is 10.9 Å². The van der Waals surface area contributed by atoms with Crippen molar-refractivity contribution in [3.05, 3.63) is 40.7 Å². The molecule has 146 valence electrons. The molecule has 8 heteroatoms. The predicted molar refractivity (Wildman–Crippen MR) is 104 cm³/mol. The van der Waals surface area contributed by atoms with Crippen molar-refractivity contribution < 1.29 is 18.8 Å². The van der Waals surface area contributed by atoms with Gasteiger partial charge in [-0.15, -0.1) is 0 Å². The Morgan fingerprint density at radius 1 is 1.25 bits per heavy atom. The van der Waals surface area contributed by atoms with E-state index in [9.17, 15) is 18.8 Å². The Morgan fingerprint density at radius 3 is 2.68 bits per heavy atom. The summed E-state index contributed by atoms with van der Waals surface area (Å²) < 4.78 is 13.1. The Hall–Kier alpha value is -2.61. The summed E-state index contributed by atoms with van der Waals surface area (Å²) in [5, 5.41) is 3.16. The summed E-state index contributed by atoms with van der Waals surface area (Å²) in [6, 6.07) is 5.62. The minimum absolute atomic E-state index is 0.0581. The molecule has 0 bridgehead atoms. The molecule has 4 rings (SSSR count). The van der Waals surface area contributed by atoms with E-state index in [4.69, 9.17) is 0 Å². The van der Waals surface area contributed by atoms with Crippen LogP contribution in [0, 0.1) is 17.2 Å². The molecule has 0 radical (unpaired) electrons. The number of amides is 2. The number of fused-ring (bicyclic) bond motifs is 1. The van der Waals surface area contributed by atoms with Gasteiger partial charge in [0.1, 0.15) is 5.82 Å². The van der Waals surface area contributed by atoms with Crippen molar-refractivity contribution in [3.8, 4) is 0 Å². The van der Waals surface area contributed by atoms with Crippen LogP contribution in [0.2, 0.25) is 0 Å². The Kier molecular flexibility index (Phi) is 4.53. The molecule has 0 saturated carbocycles. The second kappa shape index (κ2) is 6.77. The molecule has 1 aromatic heterocycles. The van der Waals surface area contributed by atoms with E-state index >= 15 is 0 Å². The maximum absolute atomic E-state index is 13.1. The highest BCUT2D eigenvalue weighted by atomic mass is 32.1. The smallest absolute Gasteiger partial charge is 0.231 e. The summed E-state index contributed by atoms with van der Waals surface area (Å²) in [6.45, 7) is 4.28. The van der Waals surface area contributed by atoms with Crippen LogP contribution in [0.3, 0.4) is 0 Å². The molecule has 1 fully saturated rings. The Bertz CT molecular complexity index is 968. The van der Waals surface area contributed by atoms with E-state index in [-0.39, 0.29) is 41.8 Å². The van der Waals surface area contributed by atoms with Crippen LogP contribution in [-0.2, 0) is 16.0 Å². The number of hydrogen-bond acceptors (Lipinski definition) is 5. The minimum atomic E-state index is -0.523. The minimum Gasteiger partial charge on any atom is -0.312 e. The highest BCUT2D eigenvalue weighted by molar-refractivity contribution is 7.17. The highest BCUT2D eigenvalue weighted by Gasteiger charge is 2.37. The fourth-order valence-electron chi connectivity index (χ4n) is 3.73. The van der Waals surface area contributed by atoms with Gasteiger partial charge in [0.2, 0.25) is 11.8 Å². The van der Waals surface area contributed by atoms with E-state index in [2.05, 4.69) is 10.3 Å². The van der Waals surface area contributed by atoms with Gasteiger partial charge in [-0.3, -0.25) is 14.4 Å². The lowest BCUT2D eigenvalue weighted by Gasteiger charge is -2.26. The van der Waals surface area contributed by atoms with Crippen LogP contribution in [0.5, 0.6) is 0 Å². The molecule has 0 spiro atoms. The van der Waals surface area contributed by atoms with Gasteiger partial charge >= 0.3 is 0 Å². The average molecular weight is 401 g/mol. The molecule has 1 saturated heterocycles. The zero-order chi connectivity index (χ0) is 20.1. The van der Waals surface area contributed by atoms with E-state index in [0.717, 1.165) is 5.69 Å². The number of nitrogens with one attached hydrogen (secondary N) is 1. The molecule has 6 nitrogen and oxygen atoms in total. The number of rotatable bonds is 3. The molecule has 1 aromatic carbocycles. The van der Waals surface area contributed by atoms with Crippen molar-refractivity contribution in [1.82, 2.24) is 4.98 Å². The SMILES string of the molecule is CC1(C)CC(=O)c2sc(NC(=O)[C@H]3CC(=O)N(c4ccc(F)cc4)C3)nc2C1. The molecule has 1 N–H and O–H groups in total. The number of anilines is 2. The highest BCUT2D eigenvalue weighted by Crippen LogP contribution is 2.38. The van der Waals surface area contributed by atoms with E-state index < -0.39 is 5.92 Å². The number of hydrogen-bond donors (Lipinski definition) is 1. The molecule has 2 aromatic rings. The summed E-state index contributed by atoms with van der Waals surface area (Å²) in [5.74, 6) is -1.32. The quantitative estimate of drug-likeness (QED) is 0.855. The van der Waals surface area contributed by atoms with Gasteiger partial charge in [-0.05, 0) is 36.1 Å². The molecular formula is C20H20FN3O3S. The summed E-state index contributed by atoms with van der Waals surface area (Å²) in [5.41, 5.74) is 1.17. The van der Waals surface area contributed by atoms with E-state index in [0.29, 0.717) is 28.5 Å². The standard InChI is InChI=1S/C20H20FN3O3S/c1-20(2)8-14-17(15(25)9-20)28-19(22-14)23-18(27)11-7-16(26)24(10-11)13-5-3-12(21)4-6-13/h3-6,11H,7-10H2,1-2H3,(H,22,23,27)/t11-/m0/s1. The summed E-state index contributed by atoms with van der Waals surface area (Å²) in [7, 11) is 0. The van der Waals surface area contributed by atoms with Crippen molar-refractivity contribution in [1.29, 1.82) is 0 Å². The van der Waals surface area contributed by atoms with Crippen molar-refractivity contribution in [2.75, 3.05) is 16.8 Å². The number of ketones is 1. The fourth-order valence-corrected chi connectivity index (χ4v) is 4.66. The molecule has 1 aliphatic heterocycles. The maximum atomic E-state index is 13.1. The van der Waals surface area contributed by atoms with Crippen LogP contribution in [0.1, 0.15) is 42.1 Å². The zero-order valence-electron chi connectivity index (χ0n) is 15.6. The third-order valence-electron chi connectivity index (χ3n) is 5.10. The number of Topliss-reactive ketones (excluding diaryl/α,β-unsaturated/α-hetero) is 1. The molecule has 0 unspecified atom stereocenters. The summed E-state index contributed by atoms with van der Waals surface area (Å²) >= 11 is 1.20. The lowest BCUT2D eigenvalue weighted by molar-refractivity contribution is -0.122. The third kappa shape index (κ3) is 3.56. The van der Waals surface area contributed by atoms with Gasteiger partial charge in [0, 0.05) is 25.1 Å². The van der Waals surface area contributed by atoms with Crippen LogP contribution in [0.15, 0.2) is 24.3 Å². The Balaban J connectivity index is 1.46. The fraction of sp³-hybridized carbons (Fsp3) is 0.400. The second-order valence-corrected chi connectivity index (χ2v) is 9.11. The first kappa shape index (κ1) is 18.7. The van der Waals surface area contributed by atoms with Gasteiger partial charge in [-0.25, -0.2) is 9.37 Å². The van der Waals surface area contributed by atoms with Gasteiger partial charge in [-0.1, -0.05) is 25.2 Å². The van der Waals surface area contributed by atoms with Gasteiger partial charge in [-0.2, -0.15) is 0 Å². The average Bonchev–Trinajstić information content (AvgIpc) is 3.18. The van der Waals surface area contributed by atoms with E-state index in [1.165, 1.54) is 40.5 Å². The van der Waals surface area contributed by atoms with Gasteiger partial charge in [0.25, 0.3) is 0 Å². The number of benzene rings is 1. The number of aromatic nitrogens is 1.